The molecule has 3 fully saturated rings. The van der Waals surface area contributed by atoms with Gasteiger partial charge in [0.15, 0.2) is 0 Å². The minimum absolute atomic E-state index is 0.0249. The molecule has 4 rings (SSSR count). The predicted molar refractivity (Wildman–Crippen MR) is 133 cm³/mol. The van der Waals surface area contributed by atoms with Crippen molar-refractivity contribution in [1.29, 1.82) is 0 Å². The van der Waals surface area contributed by atoms with E-state index in [0.29, 0.717) is 37.2 Å². The summed E-state index contributed by atoms with van der Waals surface area (Å²) in [6.07, 6.45) is 13.2. The van der Waals surface area contributed by atoms with Gasteiger partial charge in [0.05, 0.1) is 19.3 Å². The van der Waals surface area contributed by atoms with Gasteiger partial charge < -0.3 is 9.64 Å². The second-order valence-corrected chi connectivity index (χ2v) is 10.8. The van der Waals surface area contributed by atoms with Crippen LogP contribution in [0.2, 0.25) is 0 Å². The summed E-state index contributed by atoms with van der Waals surface area (Å²) in [7, 11) is 0. The highest BCUT2D eigenvalue weighted by Crippen LogP contribution is 2.27. The SMILES string of the molecule is CCc1nn(CCCN2CCN(C3CCCC(Cl)C3)CC2)c(=O)n1CCOC1CCCCC1. The standard InChI is InChI=1S/C25H44ClN5O2/c1-2-24-27-31(25(32)30(24)18-19-33-23-10-4-3-5-11-23)13-7-12-28-14-16-29(17-15-28)22-9-6-8-21(26)20-22/h21-23H,2-20H2,1H3. The van der Waals surface area contributed by atoms with Gasteiger partial charge in [-0.1, -0.05) is 32.6 Å². The Morgan fingerprint density at radius 3 is 2.48 bits per heavy atom. The van der Waals surface area contributed by atoms with Gasteiger partial charge in [-0.2, -0.15) is 5.10 Å². The molecule has 1 saturated heterocycles. The van der Waals surface area contributed by atoms with Crippen molar-refractivity contribution in [3.63, 3.8) is 0 Å². The third kappa shape index (κ3) is 7.06. The van der Waals surface area contributed by atoms with Crippen LogP contribution in [0.5, 0.6) is 0 Å². The summed E-state index contributed by atoms with van der Waals surface area (Å²) in [5.74, 6) is 0.880. The fraction of sp³-hybridized carbons (Fsp3) is 0.920. The fourth-order valence-corrected chi connectivity index (χ4v) is 6.25. The third-order valence-electron chi connectivity index (χ3n) is 7.89. The van der Waals surface area contributed by atoms with Gasteiger partial charge in [0, 0.05) is 57.1 Å². The van der Waals surface area contributed by atoms with Crippen LogP contribution in [0.1, 0.15) is 77.0 Å². The topological polar surface area (TPSA) is 55.5 Å². The number of aromatic nitrogens is 3. The Morgan fingerprint density at radius 1 is 0.970 bits per heavy atom. The third-order valence-corrected chi connectivity index (χ3v) is 8.28. The number of piperazine rings is 1. The Bertz CT molecular complexity index is 767. The zero-order chi connectivity index (χ0) is 23.0. The minimum Gasteiger partial charge on any atom is -0.376 e. The summed E-state index contributed by atoms with van der Waals surface area (Å²) in [6.45, 7) is 9.54. The van der Waals surface area contributed by atoms with E-state index in [9.17, 15) is 4.79 Å². The Morgan fingerprint density at radius 2 is 1.76 bits per heavy atom. The van der Waals surface area contributed by atoms with Crippen molar-refractivity contribution in [2.45, 2.75) is 108 Å². The number of hydrogen-bond donors (Lipinski definition) is 0. The molecule has 2 heterocycles. The lowest BCUT2D eigenvalue weighted by molar-refractivity contribution is 0.0234. The lowest BCUT2D eigenvalue weighted by Crippen LogP contribution is -2.51. The smallest absolute Gasteiger partial charge is 0.345 e. The van der Waals surface area contributed by atoms with Crippen LogP contribution in [-0.4, -0.2) is 81.0 Å². The van der Waals surface area contributed by atoms with Gasteiger partial charge in [0.25, 0.3) is 0 Å². The Balaban J connectivity index is 1.19. The quantitative estimate of drug-likeness (QED) is 0.478. The molecule has 1 aliphatic heterocycles. The second kappa shape index (κ2) is 12.7. The van der Waals surface area contributed by atoms with E-state index in [1.54, 1.807) is 4.68 Å². The Labute approximate surface area is 204 Å². The first-order valence-electron chi connectivity index (χ1n) is 13.5. The van der Waals surface area contributed by atoms with Gasteiger partial charge in [0.2, 0.25) is 0 Å². The molecular formula is C25H44ClN5O2. The van der Waals surface area contributed by atoms with Gasteiger partial charge in [0.1, 0.15) is 5.82 Å². The van der Waals surface area contributed by atoms with Crippen LogP contribution in [0.3, 0.4) is 0 Å². The molecule has 188 valence electrons. The highest BCUT2D eigenvalue weighted by molar-refractivity contribution is 6.20. The zero-order valence-electron chi connectivity index (χ0n) is 20.6. The summed E-state index contributed by atoms with van der Waals surface area (Å²) < 4.78 is 9.56. The van der Waals surface area contributed by atoms with Crippen LogP contribution in [0.4, 0.5) is 0 Å². The molecular weight excluding hydrogens is 438 g/mol. The summed E-state index contributed by atoms with van der Waals surface area (Å²) in [4.78, 5) is 18.1. The highest BCUT2D eigenvalue weighted by atomic mass is 35.5. The van der Waals surface area contributed by atoms with E-state index < -0.39 is 0 Å². The van der Waals surface area contributed by atoms with Gasteiger partial charge >= 0.3 is 5.69 Å². The van der Waals surface area contributed by atoms with E-state index in [1.807, 2.05) is 4.57 Å². The molecule has 0 amide bonds. The molecule has 2 saturated carbocycles. The Hall–Kier alpha value is -0.890. The molecule has 1 aromatic rings. The summed E-state index contributed by atoms with van der Waals surface area (Å²) in [5.41, 5.74) is 0.0249. The molecule has 1 aromatic heterocycles. The first kappa shape index (κ1) is 25.2. The maximum atomic E-state index is 12.9. The first-order valence-corrected chi connectivity index (χ1v) is 14.0. The highest BCUT2D eigenvalue weighted by Gasteiger charge is 2.28. The van der Waals surface area contributed by atoms with Gasteiger partial charge in [-0.15, -0.1) is 11.6 Å². The molecule has 33 heavy (non-hydrogen) atoms. The predicted octanol–water partition coefficient (Wildman–Crippen LogP) is 3.51. The molecule has 0 radical (unpaired) electrons. The van der Waals surface area contributed by atoms with Crippen molar-refractivity contribution in [3.8, 4) is 0 Å². The number of alkyl halides is 1. The summed E-state index contributed by atoms with van der Waals surface area (Å²) >= 11 is 6.41. The largest absolute Gasteiger partial charge is 0.376 e. The van der Waals surface area contributed by atoms with Crippen LogP contribution in [-0.2, 0) is 24.2 Å². The average Bonchev–Trinajstić information content (AvgIpc) is 3.15. The molecule has 0 bridgehead atoms. The zero-order valence-corrected chi connectivity index (χ0v) is 21.4. The number of rotatable bonds is 10. The average molecular weight is 482 g/mol. The molecule has 2 unspecified atom stereocenters. The molecule has 2 aliphatic carbocycles. The normalized spacial score (nSPS) is 26.1. The molecule has 0 N–H and O–H groups in total. The van der Waals surface area contributed by atoms with Crippen molar-refractivity contribution in [1.82, 2.24) is 24.1 Å². The van der Waals surface area contributed by atoms with Gasteiger partial charge in [-0.25, -0.2) is 9.48 Å². The van der Waals surface area contributed by atoms with Crippen molar-refractivity contribution in [3.05, 3.63) is 16.3 Å². The van der Waals surface area contributed by atoms with E-state index in [2.05, 4.69) is 21.8 Å². The summed E-state index contributed by atoms with van der Waals surface area (Å²) in [5, 5.41) is 5.00. The van der Waals surface area contributed by atoms with Gasteiger partial charge in [-0.05, 0) is 38.5 Å². The number of halogens is 1. The fourth-order valence-electron chi connectivity index (χ4n) is 5.89. The van der Waals surface area contributed by atoms with E-state index in [-0.39, 0.29) is 5.69 Å². The van der Waals surface area contributed by atoms with Crippen molar-refractivity contribution in [2.75, 3.05) is 39.3 Å². The monoisotopic (exact) mass is 481 g/mol. The molecule has 0 spiro atoms. The number of nitrogens with zero attached hydrogens (tertiary/aromatic N) is 5. The maximum Gasteiger partial charge on any atom is 0.345 e. The lowest BCUT2D eigenvalue weighted by atomic mass is 9.93. The molecule has 3 aliphatic rings. The number of aryl methyl sites for hydroxylation is 2. The summed E-state index contributed by atoms with van der Waals surface area (Å²) in [6, 6.07) is 0.681. The van der Waals surface area contributed by atoms with Crippen LogP contribution < -0.4 is 5.69 Å². The number of ether oxygens (including phenoxy) is 1. The van der Waals surface area contributed by atoms with Crippen LogP contribution in [0, 0.1) is 0 Å². The number of hydrogen-bond acceptors (Lipinski definition) is 5. The second-order valence-electron chi connectivity index (χ2n) is 10.2. The molecule has 2 atom stereocenters. The lowest BCUT2D eigenvalue weighted by Gasteiger charge is -2.41. The Kier molecular flexibility index (Phi) is 9.71. The van der Waals surface area contributed by atoms with Crippen LogP contribution in [0.25, 0.3) is 0 Å². The van der Waals surface area contributed by atoms with Crippen molar-refractivity contribution in [2.24, 2.45) is 0 Å². The van der Waals surface area contributed by atoms with Gasteiger partial charge in [-0.3, -0.25) is 9.47 Å². The van der Waals surface area contributed by atoms with E-state index >= 15 is 0 Å². The van der Waals surface area contributed by atoms with Crippen LogP contribution in [0.15, 0.2) is 4.79 Å². The molecule has 0 aromatic carbocycles. The van der Waals surface area contributed by atoms with Crippen LogP contribution >= 0.6 is 11.6 Å². The van der Waals surface area contributed by atoms with E-state index in [1.165, 1.54) is 38.5 Å². The maximum absolute atomic E-state index is 12.9. The van der Waals surface area contributed by atoms with Crippen molar-refractivity contribution < 1.29 is 4.74 Å². The first-order chi connectivity index (χ1) is 16.1. The van der Waals surface area contributed by atoms with Crippen molar-refractivity contribution >= 4 is 11.6 Å². The van der Waals surface area contributed by atoms with E-state index in [4.69, 9.17) is 16.3 Å². The minimum atomic E-state index is 0.0249. The molecule has 8 heteroatoms. The van der Waals surface area contributed by atoms with E-state index in [0.717, 1.165) is 70.7 Å². The molecule has 7 nitrogen and oxygen atoms in total.